The van der Waals surface area contributed by atoms with Crippen molar-refractivity contribution >= 4 is 14.3 Å². The predicted molar refractivity (Wildman–Crippen MR) is 122 cm³/mol. The third-order valence-electron chi connectivity index (χ3n) is 7.20. The molecular weight excluding hydrogens is 412 g/mol. The molecule has 6 nitrogen and oxygen atoms in total. The quantitative estimate of drug-likeness (QED) is 0.325. The van der Waals surface area contributed by atoms with Crippen LogP contribution in [0.3, 0.4) is 0 Å². The van der Waals surface area contributed by atoms with E-state index in [-0.39, 0.29) is 40.8 Å². The summed E-state index contributed by atoms with van der Waals surface area (Å²) in [6.07, 6.45) is 0.234. The number of ether oxygens (including phenoxy) is 4. The van der Waals surface area contributed by atoms with Crippen LogP contribution in [0.15, 0.2) is 24.3 Å². The lowest BCUT2D eigenvalue weighted by molar-refractivity contribution is -0.160. The van der Waals surface area contributed by atoms with Gasteiger partial charge in [0.05, 0.1) is 25.9 Å². The monoisotopic (exact) mass is 450 g/mol. The average Bonchev–Trinajstić information content (AvgIpc) is 3.34. The van der Waals surface area contributed by atoms with Crippen LogP contribution in [0.2, 0.25) is 18.1 Å². The van der Waals surface area contributed by atoms with Crippen molar-refractivity contribution in [2.45, 2.75) is 89.7 Å². The number of carbonyl (C=O) groups is 1. The van der Waals surface area contributed by atoms with Crippen molar-refractivity contribution in [3.8, 4) is 5.75 Å². The van der Waals surface area contributed by atoms with Gasteiger partial charge in [0.2, 0.25) is 0 Å². The van der Waals surface area contributed by atoms with Crippen molar-refractivity contribution in [1.82, 2.24) is 0 Å². The largest absolute Gasteiger partial charge is 0.497 e. The summed E-state index contributed by atoms with van der Waals surface area (Å²) < 4.78 is 30.1. The molecule has 31 heavy (non-hydrogen) atoms. The maximum atomic E-state index is 11.8. The first-order valence-corrected chi connectivity index (χ1v) is 14.0. The number of epoxide rings is 1. The number of hydrogen-bond acceptors (Lipinski definition) is 6. The first-order chi connectivity index (χ1) is 14.4. The van der Waals surface area contributed by atoms with Crippen molar-refractivity contribution in [2.75, 3.05) is 13.7 Å². The molecule has 3 rings (SSSR count). The molecule has 174 valence electrons. The summed E-state index contributed by atoms with van der Waals surface area (Å²) in [5.41, 5.74) is 0.685. The molecule has 1 aliphatic heterocycles. The van der Waals surface area contributed by atoms with Gasteiger partial charge >= 0.3 is 5.97 Å². The van der Waals surface area contributed by atoms with Crippen LogP contribution in [0.1, 0.15) is 46.6 Å². The molecule has 0 amide bonds. The standard InChI is InChI=1S/C24H38O6Si/c1-16(25)29-20-13-21-24(5,30-21)22(19(20)15-28-31(7,8)23(2,3)4)27-14-17-9-11-18(26-6)12-10-17/h9-12,19-22H,13-15H2,1-8H3/t19-,20+,21+,22-,24+/m1/s1. The Kier molecular flexibility index (Phi) is 6.92. The Hall–Kier alpha value is -1.41. The molecule has 2 aliphatic rings. The molecule has 0 aromatic heterocycles. The van der Waals surface area contributed by atoms with Gasteiger partial charge < -0.3 is 23.4 Å². The summed E-state index contributed by atoms with van der Waals surface area (Å²) >= 11 is 0. The van der Waals surface area contributed by atoms with Gasteiger partial charge in [-0.3, -0.25) is 4.79 Å². The van der Waals surface area contributed by atoms with E-state index in [1.54, 1.807) is 7.11 Å². The van der Waals surface area contributed by atoms with Crippen molar-refractivity contribution in [1.29, 1.82) is 0 Å². The molecule has 0 spiro atoms. The molecule has 1 heterocycles. The van der Waals surface area contributed by atoms with Crippen molar-refractivity contribution in [3.05, 3.63) is 29.8 Å². The highest BCUT2D eigenvalue weighted by Gasteiger charge is 2.66. The van der Waals surface area contributed by atoms with Crippen LogP contribution in [-0.4, -0.2) is 51.9 Å². The van der Waals surface area contributed by atoms with Gasteiger partial charge in [0.25, 0.3) is 0 Å². The highest BCUT2D eigenvalue weighted by molar-refractivity contribution is 6.74. The molecule has 0 N–H and O–H groups in total. The fourth-order valence-electron chi connectivity index (χ4n) is 4.07. The number of methoxy groups -OCH3 is 1. The number of hydrogen-bond donors (Lipinski definition) is 0. The smallest absolute Gasteiger partial charge is 0.302 e. The van der Waals surface area contributed by atoms with Crippen LogP contribution >= 0.6 is 0 Å². The van der Waals surface area contributed by atoms with Crippen LogP contribution in [-0.2, 0) is 30.0 Å². The molecule has 1 aromatic rings. The summed E-state index contributed by atoms with van der Waals surface area (Å²) in [6, 6.07) is 7.86. The van der Waals surface area contributed by atoms with E-state index >= 15 is 0 Å². The van der Waals surface area contributed by atoms with Gasteiger partial charge in [-0.05, 0) is 42.8 Å². The molecule has 2 fully saturated rings. The molecule has 7 heteroatoms. The topological polar surface area (TPSA) is 66.5 Å². The number of benzene rings is 1. The van der Waals surface area contributed by atoms with E-state index in [1.807, 2.05) is 24.3 Å². The summed E-state index contributed by atoms with van der Waals surface area (Å²) in [4.78, 5) is 11.8. The Bertz CT molecular complexity index is 771. The first kappa shape index (κ1) is 24.2. The molecule has 0 bridgehead atoms. The number of carbonyl (C=O) groups excluding carboxylic acids is 1. The summed E-state index contributed by atoms with van der Waals surface area (Å²) in [5, 5.41) is 0.0978. The Morgan fingerprint density at radius 2 is 1.87 bits per heavy atom. The number of esters is 1. The maximum Gasteiger partial charge on any atom is 0.302 e. The van der Waals surface area contributed by atoms with E-state index in [9.17, 15) is 4.79 Å². The van der Waals surface area contributed by atoms with Crippen molar-refractivity contribution in [3.63, 3.8) is 0 Å². The van der Waals surface area contributed by atoms with Gasteiger partial charge in [0, 0.05) is 25.9 Å². The Balaban J connectivity index is 1.78. The van der Waals surface area contributed by atoms with Gasteiger partial charge in [0.15, 0.2) is 8.32 Å². The normalized spacial score (nSPS) is 30.5. The van der Waals surface area contributed by atoms with Crippen molar-refractivity contribution < 1.29 is 28.2 Å². The second-order valence-electron chi connectivity index (χ2n) is 10.5. The minimum atomic E-state index is -1.97. The summed E-state index contributed by atoms with van der Waals surface area (Å²) in [5.74, 6) is 0.454. The van der Waals surface area contributed by atoms with E-state index in [0.717, 1.165) is 11.3 Å². The fraction of sp³-hybridized carbons (Fsp3) is 0.708. The zero-order valence-electron chi connectivity index (χ0n) is 20.2. The fourth-order valence-corrected chi connectivity index (χ4v) is 5.11. The van der Waals surface area contributed by atoms with Crippen molar-refractivity contribution in [2.24, 2.45) is 5.92 Å². The predicted octanol–water partition coefficient (Wildman–Crippen LogP) is 4.71. The van der Waals surface area contributed by atoms with Crippen LogP contribution in [0.25, 0.3) is 0 Å². The van der Waals surface area contributed by atoms with Crippen LogP contribution in [0.4, 0.5) is 0 Å². The lowest BCUT2D eigenvalue weighted by Gasteiger charge is -2.42. The highest BCUT2D eigenvalue weighted by atomic mass is 28.4. The Morgan fingerprint density at radius 3 is 2.42 bits per heavy atom. The highest BCUT2D eigenvalue weighted by Crippen LogP contribution is 2.52. The van der Waals surface area contributed by atoms with Crippen LogP contribution < -0.4 is 4.74 Å². The number of rotatable bonds is 8. The molecule has 1 aliphatic carbocycles. The second kappa shape index (κ2) is 8.85. The summed E-state index contributed by atoms with van der Waals surface area (Å²) in [7, 11) is -0.315. The van der Waals surface area contributed by atoms with E-state index in [2.05, 4.69) is 40.8 Å². The molecule has 1 saturated carbocycles. The molecule has 0 unspecified atom stereocenters. The second-order valence-corrected chi connectivity index (χ2v) is 15.3. The van der Waals surface area contributed by atoms with Crippen LogP contribution in [0, 0.1) is 5.92 Å². The van der Waals surface area contributed by atoms with E-state index in [1.165, 1.54) is 6.92 Å². The lowest BCUT2D eigenvalue weighted by atomic mass is 9.77. The molecular formula is C24H38O6Si. The first-order valence-electron chi connectivity index (χ1n) is 11.1. The van der Waals surface area contributed by atoms with Gasteiger partial charge in [-0.15, -0.1) is 0 Å². The van der Waals surface area contributed by atoms with E-state index in [0.29, 0.717) is 19.6 Å². The van der Waals surface area contributed by atoms with Gasteiger partial charge in [-0.1, -0.05) is 32.9 Å². The molecule has 5 atom stereocenters. The number of fused-ring (bicyclic) bond motifs is 1. The van der Waals surface area contributed by atoms with Gasteiger partial charge in [-0.25, -0.2) is 0 Å². The zero-order chi connectivity index (χ0) is 23.0. The molecule has 1 saturated heterocycles. The third kappa shape index (κ3) is 5.33. The maximum absolute atomic E-state index is 11.8. The average molecular weight is 451 g/mol. The zero-order valence-corrected chi connectivity index (χ0v) is 21.2. The minimum absolute atomic E-state index is 0.0434. The van der Waals surface area contributed by atoms with E-state index in [4.69, 9.17) is 23.4 Å². The Labute approximate surface area is 187 Å². The molecule has 0 radical (unpaired) electrons. The minimum Gasteiger partial charge on any atom is -0.497 e. The SMILES string of the molecule is COc1ccc(CO[C@@H]2[C@H](CO[Si](C)(C)C(C)(C)C)[C@@H](OC(C)=O)C[C@@H]3O[C@@]32C)cc1. The van der Waals surface area contributed by atoms with Gasteiger partial charge in [-0.2, -0.15) is 0 Å². The van der Waals surface area contributed by atoms with Crippen LogP contribution in [0.5, 0.6) is 5.75 Å². The molecule has 1 aromatic carbocycles. The lowest BCUT2D eigenvalue weighted by Crippen LogP contribution is -2.53. The van der Waals surface area contributed by atoms with Gasteiger partial charge in [0.1, 0.15) is 17.5 Å². The summed E-state index contributed by atoms with van der Waals surface area (Å²) in [6.45, 7) is 15.6. The third-order valence-corrected chi connectivity index (χ3v) is 11.7. The Morgan fingerprint density at radius 1 is 1.23 bits per heavy atom. The van der Waals surface area contributed by atoms with E-state index < -0.39 is 8.32 Å².